The standard InChI is InChI=1S/C23H25N3O4S/c1-17-5-11-21(12-6-17)31(28,29)26-22(19-7-9-20(30-2)10-8-19)14-23(27)25-16-18-4-3-13-24-15-18/h3-13,15,22,26H,14,16H2,1-2H3,(H,25,27)/t22-/m1/s1. The summed E-state index contributed by atoms with van der Waals surface area (Å²) in [5, 5.41) is 2.82. The fourth-order valence-corrected chi connectivity index (χ4v) is 4.22. The molecule has 0 unspecified atom stereocenters. The average molecular weight is 440 g/mol. The SMILES string of the molecule is COc1ccc([C@@H](CC(=O)NCc2cccnc2)NS(=O)(=O)c2ccc(C)cc2)cc1. The van der Waals surface area contributed by atoms with E-state index in [4.69, 9.17) is 4.74 Å². The zero-order chi connectivity index (χ0) is 22.3. The van der Waals surface area contributed by atoms with Crippen LogP contribution in [0.3, 0.4) is 0 Å². The van der Waals surface area contributed by atoms with Crippen LogP contribution in [0.2, 0.25) is 0 Å². The van der Waals surface area contributed by atoms with Crippen LogP contribution in [0.5, 0.6) is 5.75 Å². The predicted octanol–water partition coefficient (Wildman–Crippen LogP) is 3.12. The van der Waals surface area contributed by atoms with Crippen LogP contribution in [0.15, 0.2) is 78.0 Å². The van der Waals surface area contributed by atoms with Crippen molar-refractivity contribution >= 4 is 15.9 Å². The molecule has 3 rings (SSSR count). The van der Waals surface area contributed by atoms with Gasteiger partial charge in [-0.05, 0) is 48.4 Å². The zero-order valence-electron chi connectivity index (χ0n) is 17.4. The highest BCUT2D eigenvalue weighted by atomic mass is 32.2. The van der Waals surface area contributed by atoms with Gasteiger partial charge >= 0.3 is 0 Å². The van der Waals surface area contributed by atoms with E-state index in [1.807, 2.05) is 13.0 Å². The minimum atomic E-state index is -3.82. The van der Waals surface area contributed by atoms with Crippen molar-refractivity contribution in [3.63, 3.8) is 0 Å². The van der Waals surface area contributed by atoms with E-state index in [2.05, 4.69) is 15.0 Å². The van der Waals surface area contributed by atoms with Crippen LogP contribution in [0.4, 0.5) is 0 Å². The molecular formula is C23H25N3O4S. The number of benzene rings is 2. The van der Waals surface area contributed by atoms with Crippen LogP contribution in [0, 0.1) is 6.92 Å². The highest BCUT2D eigenvalue weighted by molar-refractivity contribution is 7.89. The Morgan fingerprint density at radius 1 is 1.06 bits per heavy atom. The van der Waals surface area contributed by atoms with Crippen molar-refractivity contribution in [1.82, 2.24) is 15.0 Å². The molecule has 0 radical (unpaired) electrons. The predicted molar refractivity (Wildman–Crippen MR) is 118 cm³/mol. The van der Waals surface area contributed by atoms with E-state index >= 15 is 0 Å². The maximum absolute atomic E-state index is 12.9. The molecule has 0 aliphatic carbocycles. The summed E-state index contributed by atoms with van der Waals surface area (Å²) in [7, 11) is -2.27. The van der Waals surface area contributed by atoms with Gasteiger partial charge in [0.05, 0.1) is 18.0 Å². The number of nitrogens with one attached hydrogen (secondary N) is 2. The Morgan fingerprint density at radius 3 is 2.39 bits per heavy atom. The summed E-state index contributed by atoms with van der Waals surface area (Å²) >= 11 is 0. The number of aryl methyl sites for hydroxylation is 1. The molecule has 8 heteroatoms. The highest BCUT2D eigenvalue weighted by Gasteiger charge is 2.24. The number of rotatable bonds is 9. The van der Waals surface area contributed by atoms with Gasteiger partial charge in [-0.1, -0.05) is 35.9 Å². The number of ether oxygens (including phenoxy) is 1. The van der Waals surface area contributed by atoms with Gasteiger partial charge in [-0.3, -0.25) is 9.78 Å². The van der Waals surface area contributed by atoms with Crippen molar-refractivity contribution in [3.8, 4) is 5.75 Å². The summed E-state index contributed by atoms with van der Waals surface area (Å²) in [5.41, 5.74) is 2.48. The molecule has 0 fully saturated rings. The molecule has 0 spiro atoms. The number of sulfonamides is 1. The van der Waals surface area contributed by atoms with Crippen LogP contribution in [-0.4, -0.2) is 26.4 Å². The number of amides is 1. The summed E-state index contributed by atoms with van der Waals surface area (Å²) in [6.45, 7) is 2.20. The van der Waals surface area contributed by atoms with E-state index in [1.54, 1.807) is 74.1 Å². The first-order chi connectivity index (χ1) is 14.9. The molecule has 0 aliphatic heterocycles. The second-order valence-electron chi connectivity index (χ2n) is 7.10. The van der Waals surface area contributed by atoms with Gasteiger partial charge in [0.15, 0.2) is 0 Å². The van der Waals surface area contributed by atoms with E-state index in [0.717, 1.165) is 11.1 Å². The number of pyridine rings is 1. The lowest BCUT2D eigenvalue weighted by Crippen LogP contribution is -2.33. The summed E-state index contributed by atoms with van der Waals surface area (Å²) in [4.78, 5) is 16.8. The van der Waals surface area contributed by atoms with Crippen molar-refractivity contribution in [2.45, 2.75) is 30.8 Å². The molecule has 31 heavy (non-hydrogen) atoms. The molecule has 0 saturated carbocycles. The molecule has 162 valence electrons. The maximum Gasteiger partial charge on any atom is 0.241 e. The zero-order valence-corrected chi connectivity index (χ0v) is 18.2. The molecule has 1 heterocycles. The van der Waals surface area contributed by atoms with E-state index in [1.165, 1.54) is 0 Å². The summed E-state index contributed by atoms with van der Waals surface area (Å²) < 4.78 is 33.7. The third-order valence-corrected chi connectivity index (χ3v) is 6.24. The molecule has 3 aromatic rings. The van der Waals surface area contributed by atoms with Crippen molar-refractivity contribution in [2.24, 2.45) is 0 Å². The van der Waals surface area contributed by atoms with Crippen molar-refractivity contribution in [3.05, 3.63) is 89.7 Å². The largest absolute Gasteiger partial charge is 0.497 e. The Labute approximate surface area is 182 Å². The van der Waals surface area contributed by atoms with Crippen LogP contribution in [-0.2, 0) is 21.4 Å². The molecule has 0 saturated heterocycles. The fraction of sp³-hybridized carbons (Fsp3) is 0.217. The Morgan fingerprint density at radius 2 is 1.77 bits per heavy atom. The smallest absolute Gasteiger partial charge is 0.241 e. The van der Waals surface area contributed by atoms with E-state index < -0.39 is 16.1 Å². The number of carbonyl (C=O) groups excluding carboxylic acids is 1. The topological polar surface area (TPSA) is 97.4 Å². The van der Waals surface area contributed by atoms with Gasteiger partial charge in [-0.25, -0.2) is 13.1 Å². The van der Waals surface area contributed by atoms with Gasteiger partial charge in [0.1, 0.15) is 5.75 Å². The lowest BCUT2D eigenvalue weighted by atomic mass is 10.0. The summed E-state index contributed by atoms with van der Waals surface area (Å²) in [6.07, 6.45) is 3.27. The summed E-state index contributed by atoms with van der Waals surface area (Å²) in [5.74, 6) is 0.362. The van der Waals surface area contributed by atoms with E-state index in [9.17, 15) is 13.2 Å². The molecule has 1 aromatic heterocycles. The van der Waals surface area contributed by atoms with Crippen LogP contribution in [0.1, 0.15) is 29.2 Å². The molecular weight excluding hydrogens is 414 g/mol. The van der Waals surface area contributed by atoms with Crippen molar-refractivity contribution in [1.29, 1.82) is 0 Å². The van der Waals surface area contributed by atoms with Crippen LogP contribution >= 0.6 is 0 Å². The Bertz CT molecular complexity index is 1100. The number of nitrogens with zero attached hydrogens (tertiary/aromatic N) is 1. The molecule has 0 bridgehead atoms. The van der Waals surface area contributed by atoms with Crippen molar-refractivity contribution in [2.75, 3.05) is 7.11 Å². The Hall–Kier alpha value is -3.23. The molecule has 7 nitrogen and oxygen atoms in total. The second-order valence-corrected chi connectivity index (χ2v) is 8.82. The minimum Gasteiger partial charge on any atom is -0.497 e. The first-order valence-electron chi connectivity index (χ1n) is 9.76. The highest BCUT2D eigenvalue weighted by Crippen LogP contribution is 2.23. The molecule has 2 aromatic carbocycles. The normalized spacial score (nSPS) is 12.2. The van der Waals surface area contributed by atoms with Gasteiger partial charge in [0.2, 0.25) is 15.9 Å². The van der Waals surface area contributed by atoms with Gasteiger partial charge in [0.25, 0.3) is 0 Å². The van der Waals surface area contributed by atoms with Gasteiger partial charge in [0, 0.05) is 25.4 Å². The number of carbonyl (C=O) groups is 1. The second kappa shape index (κ2) is 10.2. The van der Waals surface area contributed by atoms with E-state index in [0.29, 0.717) is 17.9 Å². The minimum absolute atomic E-state index is 0.0579. The van der Waals surface area contributed by atoms with Crippen LogP contribution < -0.4 is 14.8 Å². The van der Waals surface area contributed by atoms with Crippen molar-refractivity contribution < 1.29 is 17.9 Å². The fourth-order valence-electron chi connectivity index (χ4n) is 3.00. The van der Waals surface area contributed by atoms with Gasteiger partial charge < -0.3 is 10.1 Å². The van der Waals surface area contributed by atoms with Gasteiger partial charge in [-0.2, -0.15) is 0 Å². The monoisotopic (exact) mass is 439 g/mol. The Kier molecular flexibility index (Phi) is 7.38. The van der Waals surface area contributed by atoms with Crippen LogP contribution in [0.25, 0.3) is 0 Å². The molecule has 1 amide bonds. The molecule has 2 N–H and O–H groups in total. The number of methoxy groups -OCH3 is 1. The van der Waals surface area contributed by atoms with Gasteiger partial charge in [-0.15, -0.1) is 0 Å². The Balaban J connectivity index is 1.78. The average Bonchev–Trinajstić information content (AvgIpc) is 2.78. The first kappa shape index (κ1) is 22.5. The van der Waals surface area contributed by atoms with E-state index in [-0.39, 0.29) is 17.2 Å². The number of hydrogen-bond acceptors (Lipinski definition) is 5. The lowest BCUT2D eigenvalue weighted by molar-refractivity contribution is -0.121. The third-order valence-electron chi connectivity index (χ3n) is 4.75. The summed E-state index contributed by atoms with van der Waals surface area (Å²) in [6, 6.07) is 16.4. The maximum atomic E-state index is 12.9. The first-order valence-corrected chi connectivity index (χ1v) is 11.2. The molecule has 0 aliphatic rings. The number of aromatic nitrogens is 1. The lowest BCUT2D eigenvalue weighted by Gasteiger charge is -2.19. The quantitative estimate of drug-likeness (QED) is 0.534. The third kappa shape index (κ3) is 6.37. The number of hydrogen-bond donors (Lipinski definition) is 2. The molecule has 1 atom stereocenters.